The smallest absolute Gasteiger partial charge is 0.253 e. The molecule has 0 bridgehead atoms. The number of hydrogen-bond donors (Lipinski definition) is 0. The van der Waals surface area contributed by atoms with Crippen molar-refractivity contribution in [1.29, 1.82) is 0 Å². The molecule has 0 radical (unpaired) electrons. The number of aryl methyl sites for hydroxylation is 1. The van der Waals surface area contributed by atoms with Gasteiger partial charge in [-0.25, -0.2) is 12.8 Å². The molecule has 0 N–H and O–H groups in total. The van der Waals surface area contributed by atoms with Gasteiger partial charge in [-0.3, -0.25) is 4.79 Å². The number of fused-ring (bicyclic) bond motifs is 1. The molecule has 0 aliphatic carbocycles. The van der Waals surface area contributed by atoms with Gasteiger partial charge in [0.15, 0.2) is 9.84 Å². The van der Waals surface area contributed by atoms with E-state index in [2.05, 4.69) is 0 Å². The van der Waals surface area contributed by atoms with Crippen LogP contribution in [0, 0.1) is 12.7 Å². The van der Waals surface area contributed by atoms with E-state index in [9.17, 15) is 17.6 Å². The van der Waals surface area contributed by atoms with Gasteiger partial charge in [-0.2, -0.15) is 0 Å². The summed E-state index contributed by atoms with van der Waals surface area (Å²) in [6.07, 6.45) is 2.75. The number of hydrogen-bond acceptors (Lipinski definition) is 5. The van der Waals surface area contributed by atoms with Gasteiger partial charge in [-0.15, -0.1) is 0 Å². The van der Waals surface area contributed by atoms with Crippen LogP contribution in [0.25, 0.3) is 0 Å². The Morgan fingerprint density at radius 2 is 1.88 bits per heavy atom. The molecule has 178 valence electrons. The first-order valence-corrected chi connectivity index (χ1v) is 13.1. The molecular formula is C25H30FNO5S. The van der Waals surface area contributed by atoms with Crippen molar-refractivity contribution in [2.75, 3.05) is 19.3 Å². The lowest BCUT2D eigenvalue weighted by Gasteiger charge is -2.47. The Hall–Kier alpha value is -2.45. The summed E-state index contributed by atoms with van der Waals surface area (Å²) in [6, 6.07) is 9.24. The van der Waals surface area contributed by atoms with Crippen molar-refractivity contribution < 1.29 is 27.1 Å². The highest BCUT2D eigenvalue weighted by Gasteiger charge is 2.45. The number of carbonyl (C=O) groups excluding carboxylic acids is 1. The molecule has 0 aromatic heterocycles. The van der Waals surface area contributed by atoms with Gasteiger partial charge in [-0.05, 0) is 62.7 Å². The molecular weight excluding hydrogens is 445 g/mol. The Morgan fingerprint density at radius 1 is 1.18 bits per heavy atom. The van der Waals surface area contributed by atoms with Gasteiger partial charge in [0.05, 0.1) is 17.1 Å². The Labute approximate surface area is 194 Å². The average Bonchev–Trinajstić information content (AvgIpc) is 2.73. The zero-order valence-electron chi connectivity index (χ0n) is 19.4. The maximum absolute atomic E-state index is 13.9. The van der Waals surface area contributed by atoms with Crippen molar-refractivity contribution in [3.8, 4) is 5.75 Å². The molecule has 0 saturated carbocycles. The second-order valence-electron chi connectivity index (χ2n) is 9.39. The lowest BCUT2D eigenvalue weighted by molar-refractivity contribution is -0.0873. The highest BCUT2D eigenvalue weighted by atomic mass is 32.2. The molecule has 2 aromatic carbocycles. The zero-order valence-corrected chi connectivity index (χ0v) is 20.2. The lowest BCUT2D eigenvalue weighted by Crippen LogP contribution is -2.52. The Bertz CT molecular complexity index is 1170. The third kappa shape index (κ3) is 4.92. The first kappa shape index (κ1) is 23.7. The topological polar surface area (TPSA) is 72.9 Å². The van der Waals surface area contributed by atoms with E-state index in [1.807, 2.05) is 13.8 Å². The number of nitrogens with zero attached hydrogens (tertiary/aromatic N) is 1. The summed E-state index contributed by atoms with van der Waals surface area (Å²) in [6.45, 7) is 6.63. The minimum Gasteiger partial charge on any atom is -0.487 e. The second-order valence-corrected chi connectivity index (χ2v) is 11.4. The number of likely N-dealkylation sites (tertiary alicyclic amines) is 1. The molecule has 2 heterocycles. The minimum absolute atomic E-state index is 0.0129. The number of carbonyl (C=O) groups is 1. The first-order chi connectivity index (χ1) is 15.5. The summed E-state index contributed by atoms with van der Waals surface area (Å²) in [5, 5.41) is 0. The van der Waals surface area contributed by atoms with Crippen LogP contribution in [0.15, 0.2) is 41.3 Å². The lowest BCUT2D eigenvalue weighted by atomic mass is 9.81. The first-order valence-electron chi connectivity index (χ1n) is 11.2. The summed E-state index contributed by atoms with van der Waals surface area (Å²) in [5.74, 6) is 0.199. The van der Waals surface area contributed by atoms with Crippen molar-refractivity contribution >= 4 is 15.7 Å². The van der Waals surface area contributed by atoms with E-state index in [0.717, 1.165) is 11.8 Å². The molecule has 1 amide bonds. The van der Waals surface area contributed by atoms with Gasteiger partial charge in [0.1, 0.15) is 17.2 Å². The summed E-state index contributed by atoms with van der Waals surface area (Å²) in [7, 11) is -3.34. The fourth-order valence-electron chi connectivity index (χ4n) is 4.84. The van der Waals surface area contributed by atoms with E-state index >= 15 is 0 Å². The minimum atomic E-state index is -3.34. The molecule has 33 heavy (non-hydrogen) atoms. The van der Waals surface area contributed by atoms with E-state index in [-0.39, 0.29) is 28.8 Å². The van der Waals surface area contributed by atoms with Gasteiger partial charge in [0, 0.05) is 49.7 Å². The standard InChI is InChI=1S/C25H30FNO5S/c1-16(2)31-22-15-25(32-21-7-6-19(26)14-20(21)22)9-11-27(12-10-25)24(28)18-5-8-23(17(3)13-18)33(4,29)30/h5-8,13-14,16,22H,9-12,15H2,1-4H3/t22-/m1/s1. The molecule has 1 fully saturated rings. The predicted molar refractivity (Wildman–Crippen MR) is 123 cm³/mol. The van der Waals surface area contributed by atoms with Crippen LogP contribution in [-0.2, 0) is 14.6 Å². The molecule has 6 nitrogen and oxygen atoms in total. The normalized spacial score (nSPS) is 19.9. The maximum Gasteiger partial charge on any atom is 0.253 e. The van der Waals surface area contributed by atoms with Crippen molar-refractivity contribution in [3.63, 3.8) is 0 Å². The SMILES string of the molecule is Cc1cc(C(=O)N2CCC3(CC2)C[C@@H](OC(C)C)c2cc(F)ccc2O3)ccc1S(C)(=O)=O. The summed E-state index contributed by atoms with van der Waals surface area (Å²) >= 11 is 0. The van der Waals surface area contributed by atoms with E-state index < -0.39 is 15.4 Å². The summed E-state index contributed by atoms with van der Waals surface area (Å²) < 4.78 is 50.1. The molecule has 1 saturated heterocycles. The number of sulfone groups is 1. The monoisotopic (exact) mass is 475 g/mol. The Morgan fingerprint density at radius 3 is 2.48 bits per heavy atom. The van der Waals surface area contributed by atoms with Crippen LogP contribution in [0.4, 0.5) is 4.39 Å². The highest BCUT2D eigenvalue weighted by molar-refractivity contribution is 7.90. The molecule has 2 aliphatic heterocycles. The zero-order chi connectivity index (χ0) is 24.0. The second kappa shape index (κ2) is 8.72. The van der Waals surface area contributed by atoms with Gasteiger partial charge in [0.25, 0.3) is 5.91 Å². The van der Waals surface area contributed by atoms with Crippen molar-refractivity contribution in [3.05, 3.63) is 58.9 Å². The van der Waals surface area contributed by atoms with Crippen molar-refractivity contribution in [1.82, 2.24) is 4.90 Å². The molecule has 8 heteroatoms. The van der Waals surface area contributed by atoms with Crippen LogP contribution in [-0.4, -0.2) is 50.3 Å². The van der Waals surface area contributed by atoms with Crippen LogP contribution < -0.4 is 4.74 Å². The predicted octanol–water partition coefficient (Wildman–Crippen LogP) is 4.46. The maximum atomic E-state index is 13.9. The number of rotatable bonds is 4. The Kier molecular flexibility index (Phi) is 6.26. The summed E-state index contributed by atoms with van der Waals surface area (Å²) in [5.41, 5.74) is 1.29. The molecule has 2 aliphatic rings. The molecule has 4 rings (SSSR count). The van der Waals surface area contributed by atoms with Crippen molar-refractivity contribution in [2.45, 2.75) is 62.7 Å². The quantitative estimate of drug-likeness (QED) is 0.653. The van der Waals surface area contributed by atoms with Gasteiger partial charge < -0.3 is 14.4 Å². The third-order valence-corrected chi connectivity index (χ3v) is 7.68. The average molecular weight is 476 g/mol. The van der Waals surface area contributed by atoms with Gasteiger partial charge in [-0.1, -0.05) is 0 Å². The fourth-order valence-corrected chi connectivity index (χ4v) is 5.80. The number of halogens is 1. The van der Waals surface area contributed by atoms with Crippen LogP contribution in [0.1, 0.15) is 60.7 Å². The highest BCUT2D eigenvalue weighted by Crippen LogP contribution is 2.46. The number of piperidine rings is 1. The van der Waals surface area contributed by atoms with E-state index in [1.165, 1.54) is 18.2 Å². The number of amides is 1. The van der Waals surface area contributed by atoms with Crippen molar-refractivity contribution in [2.24, 2.45) is 0 Å². The summed E-state index contributed by atoms with van der Waals surface area (Å²) in [4.78, 5) is 15.1. The van der Waals surface area contributed by atoms with Crippen LogP contribution in [0.5, 0.6) is 5.75 Å². The molecule has 1 atom stereocenters. The van der Waals surface area contributed by atoms with E-state index in [4.69, 9.17) is 9.47 Å². The Balaban J connectivity index is 1.50. The van der Waals surface area contributed by atoms with Crippen LogP contribution in [0.3, 0.4) is 0 Å². The van der Waals surface area contributed by atoms with Gasteiger partial charge >= 0.3 is 0 Å². The van der Waals surface area contributed by atoms with E-state index in [1.54, 1.807) is 30.0 Å². The molecule has 2 aromatic rings. The van der Waals surface area contributed by atoms with E-state index in [0.29, 0.717) is 49.2 Å². The molecule has 1 spiro atoms. The third-order valence-electron chi connectivity index (χ3n) is 6.42. The molecule has 0 unspecified atom stereocenters. The fraction of sp³-hybridized carbons (Fsp3) is 0.480. The largest absolute Gasteiger partial charge is 0.487 e. The van der Waals surface area contributed by atoms with Crippen LogP contribution >= 0.6 is 0 Å². The number of ether oxygens (including phenoxy) is 2. The van der Waals surface area contributed by atoms with Crippen LogP contribution in [0.2, 0.25) is 0 Å². The number of benzene rings is 2. The van der Waals surface area contributed by atoms with Gasteiger partial charge in [0.2, 0.25) is 0 Å².